The van der Waals surface area contributed by atoms with Crippen LogP contribution in [0.25, 0.3) is 0 Å². The third-order valence-electron chi connectivity index (χ3n) is 2.46. The molecular formula is C12H16N4O. The molecule has 5 heteroatoms. The van der Waals surface area contributed by atoms with Gasteiger partial charge in [0, 0.05) is 12.0 Å². The molecule has 0 radical (unpaired) electrons. The number of hydrogen-bond acceptors (Lipinski definition) is 4. The van der Waals surface area contributed by atoms with Gasteiger partial charge in [0.15, 0.2) is 5.82 Å². The van der Waals surface area contributed by atoms with Gasteiger partial charge in [0.05, 0.1) is 13.7 Å². The number of ether oxygens (including phenoxy) is 1. The number of nitrogens with one attached hydrogen (secondary N) is 2. The first-order valence-electron chi connectivity index (χ1n) is 5.50. The van der Waals surface area contributed by atoms with Crippen LogP contribution >= 0.6 is 0 Å². The molecule has 1 aromatic heterocycles. The van der Waals surface area contributed by atoms with Crippen molar-refractivity contribution in [3.05, 3.63) is 41.5 Å². The van der Waals surface area contributed by atoms with Crippen LogP contribution in [0.4, 0.5) is 0 Å². The summed E-state index contributed by atoms with van der Waals surface area (Å²) in [6.45, 7) is 0.669. The van der Waals surface area contributed by atoms with Crippen molar-refractivity contribution in [2.24, 2.45) is 0 Å². The third-order valence-corrected chi connectivity index (χ3v) is 2.46. The van der Waals surface area contributed by atoms with Crippen LogP contribution in [0.2, 0.25) is 0 Å². The highest BCUT2D eigenvalue weighted by Gasteiger charge is 2.07. The summed E-state index contributed by atoms with van der Waals surface area (Å²) >= 11 is 0. The summed E-state index contributed by atoms with van der Waals surface area (Å²) in [4.78, 5) is 4.39. The number of aromatic amines is 1. The quantitative estimate of drug-likeness (QED) is 0.811. The van der Waals surface area contributed by atoms with Crippen LogP contribution in [0, 0.1) is 0 Å². The summed E-state index contributed by atoms with van der Waals surface area (Å²) < 4.78 is 5.30. The Labute approximate surface area is 100 Å². The van der Waals surface area contributed by atoms with Crippen molar-refractivity contribution in [2.45, 2.75) is 13.0 Å². The number of hydrogen-bond donors (Lipinski definition) is 2. The van der Waals surface area contributed by atoms with E-state index in [2.05, 4.69) is 20.5 Å². The molecule has 2 rings (SSSR count). The zero-order valence-electron chi connectivity index (χ0n) is 10.0. The van der Waals surface area contributed by atoms with Crippen LogP contribution in [-0.4, -0.2) is 29.3 Å². The number of para-hydroxylation sites is 1. The molecule has 0 bridgehead atoms. The van der Waals surface area contributed by atoms with Gasteiger partial charge in [-0.25, -0.2) is 4.98 Å². The molecule has 0 aliphatic rings. The lowest BCUT2D eigenvalue weighted by atomic mass is 10.1. The highest BCUT2D eigenvalue weighted by molar-refractivity contribution is 5.35. The summed E-state index contributed by atoms with van der Waals surface area (Å²) in [5.41, 5.74) is 1.10. The predicted molar refractivity (Wildman–Crippen MR) is 64.9 cm³/mol. The lowest BCUT2D eigenvalue weighted by Gasteiger charge is -2.05. The average molecular weight is 232 g/mol. The van der Waals surface area contributed by atoms with Gasteiger partial charge < -0.3 is 10.1 Å². The van der Waals surface area contributed by atoms with Gasteiger partial charge in [0.2, 0.25) is 0 Å². The molecule has 1 aromatic carbocycles. The number of nitrogens with zero attached hydrogens (tertiary/aromatic N) is 2. The highest BCUT2D eigenvalue weighted by atomic mass is 16.5. The van der Waals surface area contributed by atoms with Gasteiger partial charge in [-0.15, -0.1) is 0 Å². The van der Waals surface area contributed by atoms with Crippen LogP contribution in [0.3, 0.4) is 0 Å². The number of rotatable bonds is 5. The number of benzene rings is 1. The van der Waals surface area contributed by atoms with E-state index in [1.165, 1.54) is 0 Å². The van der Waals surface area contributed by atoms with Gasteiger partial charge in [-0.05, 0) is 13.1 Å². The van der Waals surface area contributed by atoms with E-state index < -0.39 is 0 Å². The maximum Gasteiger partial charge on any atom is 0.164 e. The Kier molecular flexibility index (Phi) is 3.72. The van der Waals surface area contributed by atoms with E-state index >= 15 is 0 Å². The topological polar surface area (TPSA) is 62.8 Å². The molecule has 0 aliphatic carbocycles. The number of aromatic nitrogens is 3. The molecule has 0 spiro atoms. The van der Waals surface area contributed by atoms with Gasteiger partial charge in [0.1, 0.15) is 11.6 Å². The van der Waals surface area contributed by atoms with Gasteiger partial charge in [0.25, 0.3) is 0 Å². The number of methoxy groups -OCH3 is 1. The van der Waals surface area contributed by atoms with Crippen molar-refractivity contribution < 1.29 is 4.74 Å². The Balaban J connectivity index is 2.13. The Hall–Kier alpha value is -1.88. The van der Waals surface area contributed by atoms with E-state index in [-0.39, 0.29) is 0 Å². The van der Waals surface area contributed by atoms with Crippen LogP contribution in [-0.2, 0) is 13.0 Å². The second-order valence-corrected chi connectivity index (χ2v) is 3.72. The zero-order chi connectivity index (χ0) is 12.1. The second-order valence-electron chi connectivity index (χ2n) is 3.72. The molecular weight excluding hydrogens is 216 g/mol. The standard InChI is InChI=1S/C12H16N4O/c1-13-8-12-14-11(15-16-12)7-9-5-3-4-6-10(9)17-2/h3-6,13H,7-8H2,1-2H3,(H,14,15,16). The summed E-state index contributed by atoms with van der Waals surface area (Å²) in [6.07, 6.45) is 0.695. The van der Waals surface area contributed by atoms with E-state index in [1.807, 2.05) is 31.3 Å². The van der Waals surface area contributed by atoms with Gasteiger partial charge >= 0.3 is 0 Å². The van der Waals surface area contributed by atoms with Gasteiger partial charge in [-0.1, -0.05) is 18.2 Å². The fourth-order valence-corrected chi connectivity index (χ4v) is 1.68. The van der Waals surface area contributed by atoms with Crippen molar-refractivity contribution >= 4 is 0 Å². The molecule has 0 fully saturated rings. The minimum Gasteiger partial charge on any atom is -0.496 e. The van der Waals surface area contributed by atoms with E-state index in [9.17, 15) is 0 Å². The molecule has 0 atom stereocenters. The van der Waals surface area contributed by atoms with Crippen molar-refractivity contribution in [3.8, 4) is 5.75 Å². The molecule has 0 unspecified atom stereocenters. The molecule has 90 valence electrons. The predicted octanol–water partition coefficient (Wildman–Crippen LogP) is 1.12. The van der Waals surface area contributed by atoms with Crippen molar-refractivity contribution in [1.82, 2.24) is 20.5 Å². The summed E-state index contributed by atoms with van der Waals surface area (Å²) in [5.74, 6) is 2.50. The van der Waals surface area contributed by atoms with Crippen LogP contribution in [0.15, 0.2) is 24.3 Å². The fourth-order valence-electron chi connectivity index (χ4n) is 1.68. The molecule has 0 aliphatic heterocycles. The van der Waals surface area contributed by atoms with Gasteiger partial charge in [-0.2, -0.15) is 5.10 Å². The molecule has 0 amide bonds. The summed E-state index contributed by atoms with van der Waals surface area (Å²) in [5, 5.41) is 10.1. The van der Waals surface area contributed by atoms with Crippen molar-refractivity contribution in [2.75, 3.05) is 14.2 Å². The Morgan fingerprint density at radius 3 is 2.94 bits per heavy atom. The molecule has 5 nitrogen and oxygen atoms in total. The van der Waals surface area contributed by atoms with E-state index in [1.54, 1.807) is 7.11 Å². The van der Waals surface area contributed by atoms with E-state index in [4.69, 9.17) is 4.74 Å². The largest absolute Gasteiger partial charge is 0.496 e. The maximum absolute atomic E-state index is 5.30. The first-order chi connectivity index (χ1) is 8.33. The normalized spacial score (nSPS) is 10.5. The molecule has 2 aromatic rings. The molecule has 17 heavy (non-hydrogen) atoms. The highest BCUT2D eigenvalue weighted by Crippen LogP contribution is 2.19. The molecule has 1 heterocycles. The minimum atomic E-state index is 0.669. The smallest absolute Gasteiger partial charge is 0.164 e. The van der Waals surface area contributed by atoms with E-state index in [0.29, 0.717) is 13.0 Å². The van der Waals surface area contributed by atoms with Crippen LogP contribution in [0.5, 0.6) is 5.75 Å². The lowest BCUT2D eigenvalue weighted by Crippen LogP contribution is -2.06. The number of H-pyrrole nitrogens is 1. The zero-order valence-corrected chi connectivity index (χ0v) is 10.0. The van der Waals surface area contributed by atoms with Crippen molar-refractivity contribution in [3.63, 3.8) is 0 Å². The Bertz CT molecular complexity index is 481. The molecule has 0 saturated carbocycles. The van der Waals surface area contributed by atoms with E-state index in [0.717, 1.165) is 23.0 Å². The van der Waals surface area contributed by atoms with Gasteiger partial charge in [-0.3, -0.25) is 5.10 Å². The first-order valence-corrected chi connectivity index (χ1v) is 5.50. The fraction of sp³-hybridized carbons (Fsp3) is 0.333. The maximum atomic E-state index is 5.30. The Morgan fingerprint density at radius 2 is 2.18 bits per heavy atom. The van der Waals surface area contributed by atoms with Crippen molar-refractivity contribution in [1.29, 1.82) is 0 Å². The second kappa shape index (κ2) is 5.45. The summed E-state index contributed by atoms with van der Waals surface area (Å²) in [6, 6.07) is 7.91. The SMILES string of the molecule is CNCc1n[nH]c(Cc2ccccc2OC)n1. The summed E-state index contributed by atoms with van der Waals surface area (Å²) in [7, 11) is 3.54. The Morgan fingerprint density at radius 1 is 1.35 bits per heavy atom. The first kappa shape index (κ1) is 11.6. The molecule has 0 saturated heterocycles. The average Bonchev–Trinajstić information content (AvgIpc) is 2.78. The lowest BCUT2D eigenvalue weighted by molar-refractivity contribution is 0.410. The van der Waals surface area contributed by atoms with Crippen LogP contribution in [0.1, 0.15) is 17.2 Å². The minimum absolute atomic E-state index is 0.669. The third kappa shape index (κ3) is 2.82. The molecule has 2 N–H and O–H groups in total. The van der Waals surface area contributed by atoms with Crippen LogP contribution < -0.4 is 10.1 Å². The monoisotopic (exact) mass is 232 g/mol.